The van der Waals surface area contributed by atoms with Gasteiger partial charge < -0.3 is 4.74 Å². The highest BCUT2D eigenvalue weighted by Gasteiger charge is 2.26. The number of Topliss-reactive ketones (excluding diaryl/α,β-unsaturated/α-hetero) is 1. The second kappa shape index (κ2) is 5.67. The van der Waals surface area contributed by atoms with Crippen LogP contribution < -0.4 is 0 Å². The fraction of sp³-hybridized carbons (Fsp3) is 0.200. The summed E-state index contributed by atoms with van der Waals surface area (Å²) in [5.74, 6) is -1.52. The van der Waals surface area contributed by atoms with Crippen molar-refractivity contribution in [2.75, 3.05) is 7.11 Å². The van der Waals surface area contributed by atoms with E-state index in [1.54, 1.807) is 0 Å². The zero-order chi connectivity index (χ0) is 14.6. The van der Waals surface area contributed by atoms with Crippen molar-refractivity contribution in [2.24, 2.45) is 0 Å². The number of nitrogens with zero attached hydrogens (tertiary/aromatic N) is 2. The highest BCUT2D eigenvalue weighted by molar-refractivity contribution is 6.06. The molecule has 0 aliphatic rings. The molecule has 0 unspecified atom stereocenters. The summed E-state index contributed by atoms with van der Waals surface area (Å²) in [5.41, 5.74) is -1.69. The molecule has 0 saturated carbocycles. The van der Waals surface area contributed by atoms with Gasteiger partial charge in [0.1, 0.15) is 6.42 Å². The Morgan fingerprint density at radius 3 is 2.21 bits per heavy atom. The summed E-state index contributed by atoms with van der Waals surface area (Å²) in [5, 5.41) is 21.3. The van der Waals surface area contributed by atoms with Crippen molar-refractivity contribution >= 4 is 23.1 Å². The van der Waals surface area contributed by atoms with E-state index in [-0.39, 0.29) is 5.56 Å². The number of esters is 1. The summed E-state index contributed by atoms with van der Waals surface area (Å²) < 4.78 is 4.28. The summed E-state index contributed by atoms with van der Waals surface area (Å²) in [7, 11) is 1.09. The van der Waals surface area contributed by atoms with Crippen LogP contribution in [0.15, 0.2) is 18.2 Å². The first-order valence-corrected chi connectivity index (χ1v) is 4.89. The maximum atomic E-state index is 11.6. The number of hydrogen-bond donors (Lipinski definition) is 0. The van der Waals surface area contributed by atoms with E-state index in [2.05, 4.69) is 4.74 Å². The number of carbonyl (C=O) groups is 2. The first-order valence-electron chi connectivity index (χ1n) is 4.89. The van der Waals surface area contributed by atoms with Crippen molar-refractivity contribution in [1.82, 2.24) is 0 Å². The molecule has 0 fully saturated rings. The summed E-state index contributed by atoms with van der Waals surface area (Å²) >= 11 is 0. The molecule has 9 nitrogen and oxygen atoms in total. The van der Waals surface area contributed by atoms with Gasteiger partial charge in [0.25, 0.3) is 0 Å². The number of ketones is 1. The second-order valence-electron chi connectivity index (χ2n) is 3.39. The minimum absolute atomic E-state index is 0.164. The molecule has 0 bridgehead atoms. The lowest BCUT2D eigenvalue weighted by Crippen LogP contribution is -2.10. The van der Waals surface area contributed by atoms with E-state index in [1.807, 2.05) is 0 Å². The molecule has 0 aliphatic heterocycles. The van der Waals surface area contributed by atoms with Gasteiger partial charge in [0.2, 0.25) is 0 Å². The van der Waals surface area contributed by atoms with Crippen LogP contribution in [0.1, 0.15) is 16.8 Å². The van der Waals surface area contributed by atoms with Gasteiger partial charge in [-0.1, -0.05) is 0 Å². The van der Waals surface area contributed by atoms with Crippen molar-refractivity contribution in [2.45, 2.75) is 6.42 Å². The molecule has 0 heterocycles. The van der Waals surface area contributed by atoms with E-state index in [9.17, 15) is 29.8 Å². The maximum absolute atomic E-state index is 11.6. The Morgan fingerprint density at radius 1 is 1.16 bits per heavy atom. The Morgan fingerprint density at radius 2 is 1.74 bits per heavy atom. The molecule has 1 aromatic carbocycles. The van der Waals surface area contributed by atoms with Crippen LogP contribution in [-0.2, 0) is 9.53 Å². The molecule has 0 N–H and O–H groups in total. The van der Waals surface area contributed by atoms with Crippen LogP contribution in [0, 0.1) is 20.2 Å². The molecule has 0 spiro atoms. The molecule has 19 heavy (non-hydrogen) atoms. The van der Waals surface area contributed by atoms with Crippen LogP contribution in [0.5, 0.6) is 0 Å². The van der Waals surface area contributed by atoms with E-state index in [0.29, 0.717) is 0 Å². The van der Waals surface area contributed by atoms with Crippen molar-refractivity contribution in [3.05, 3.63) is 44.0 Å². The Kier molecular flexibility index (Phi) is 4.24. The number of nitro benzene ring substituents is 2. The fourth-order valence-corrected chi connectivity index (χ4v) is 1.30. The number of nitro groups is 2. The average Bonchev–Trinajstić information content (AvgIpc) is 2.37. The Labute approximate surface area is 106 Å². The summed E-state index contributed by atoms with van der Waals surface area (Å²) in [4.78, 5) is 41.8. The van der Waals surface area contributed by atoms with Crippen LogP contribution in [-0.4, -0.2) is 28.7 Å². The third kappa shape index (κ3) is 3.31. The van der Waals surface area contributed by atoms with Crippen LogP contribution in [0.4, 0.5) is 11.4 Å². The SMILES string of the molecule is COC(=O)CC(=O)c1ccc([N+](=O)[O-])c([N+](=O)[O-])c1. The molecule has 100 valence electrons. The van der Waals surface area contributed by atoms with Crippen molar-refractivity contribution in [3.63, 3.8) is 0 Å². The highest BCUT2D eigenvalue weighted by Crippen LogP contribution is 2.27. The monoisotopic (exact) mass is 268 g/mol. The molecule has 0 radical (unpaired) electrons. The molecular formula is C10H8N2O7. The van der Waals surface area contributed by atoms with Gasteiger partial charge in [0.15, 0.2) is 5.78 Å². The first-order chi connectivity index (χ1) is 8.86. The minimum atomic E-state index is -0.965. The van der Waals surface area contributed by atoms with Crippen molar-refractivity contribution < 1.29 is 24.2 Å². The summed E-state index contributed by atoms with van der Waals surface area (Å²) in [6.45, 7) is 0. The molecule has 0 saturated heterocycles. The molecule has 1 rings (SSSR count). The molecule has 1 aromatic rings. The quantitative estimate of drug-likeness (QED) is 0.258. The smallest absolute Gasteiger partial charge is 0.346 e. The average molecular weight is 268 g/mol. The van der Waals surface area contributed by atoms with Crippen molar-refractivity contribution in [1.29, 1.82) is 0 Å². The van der Waals surface area contributed by atoms with Crippen LogP contribution >= 0.6 is 0 Å². The Hall–Kier alpha value is -2.84. The lowest BCUT2D eigenvalue weighted by molar-refractivity contribution is -0.422. The summed E-state index contributed by atoms with van der Waals surface area (Å²) in [6, 6.07) is 2.67. The van der Waals surface area contributed by atoms with Gasteiger partial charge in [0.05, 0.1) is 17.0 Å². The minimum Gasteiger partial charge on any atom is -0.469 e. The zero-order valence-electron chi connectivity index (χ0n) is 9.69. The van der Waals surface area contributed by atoms with E-state index < -0.39 is 39.4 Å². The van der Waals surface area contributed by atoms with Crippen LogP contribution in [0.25, 0.3) is 0 Å². The fourth-order valence-electron chi connectivity index (χ4n) is 1.30. The van der Waals surface area contributed by atoms with Gasteiger partial charge in [0, 0.05) is 17.7 Å². The van der Waals surface area contributed by atoms with E-state index in [1.165, 1.54) is 0 Å². The number of hydrogen-bond acceptors (Lipinski definition) is 7. The van der Waals surface area contributed by atoms with Gasteiger partial charge in [-0.25, -0.2) is 0 Å². The number of carbonyl (C=O) groups excluding carboxylic acids is 2. The summed E-state index contributed by atoms with van der Waals surface area (Å²) in [6.07, 6.45) is -0.592. The molecule has 0 amide bonds. The lowest BCUT2D eigenvalue weighted by atomic mass is 10.1. The van der Waals surface area contributed by atoms with Gasteiger partial charge in [-0.3, -0.25) is 29.8 Å². The van der Waals surface area contributed by atoms with E-state index in [0.717, 1.165) is 25.3 Å². The number of benzene rings is 1. The third-order valence-corrected chi connectivity index (χ3v) is 2.22. The number of methoxy groups -OCH3 is 1. The van der Waals surface area contributed by atoms with Gasteiger partial charge in [-0.2, -0.15) is 0 Å². The third-order valence-electron chi connectivity index (χ3n) is 2.22. The lowest BCUT2D eigenvalue weighted by Gasteiger charge is -2.00. The van der Waals surface area contributed by atoms with Crippen molar-refractivity contribution in [3.8, 4) is 0 Å². The molecule has 0 aliphatic carbocycles. The molecular weight excluding hydrogens is 260 g/mol. The van der Waals surface area contributed by atoms with Crippen LogP contribution in [0.3, 0.4) is 0 Å². The highest BCUT2D eigenvalue weighted by atomic mass is 16.6. The van der Waals surface area contributed by atoms with Gasteiger partial charge in [-0.15, -0.1) is 0 Å². The van der Waals surface area contributed by atoms with Gasteiger partial charge in [-0.05, 0) is 6.07 Å². The predicted molar refractivity (Wildman–Crippen MR) is 60.7 cm³/mol. The van der Waals surface area contributed by atoms with Gasteiger partial charge >= 0.3 is 17.3 Å². The number of rotatable bonds is 5. The Bertz CT molecular complexity index is 567. The molecule has 9 heteroatoms. The first kappa shape index (κ1) is 14.2. The van der Waals surface area contributed by atoms with E-state index >= 15 is 0 Å². The largest absolute Gasteiger partial charge is 0.469 e. The van der Waals surface area contributed by atoms with Crippen LogP contribution in [0.2, 0.25) is 0 Å². The molecule has 0 aromatic heterocycles. The normalized spacial score (nSPS) is 9.74. The number of ether oxygens (including phenoxy) is 1. The van der Waals surface area contributed by atoms with E-state index in [4.69, 9.17) is 0 Å². The standard InChI is InChI=1S/C10H8N2O7/c1-19-10(14)5-9(13)6-2-3-7(11(15)16)8(4-6)12(17)18/h2-4H,5H2,1H3. The Balaban J connectivity index is 3.15. The maximum Gasteiger partial charge on any atom is 0.346 e. The molecule has 0 atom stereocenters. The topological polar surface area (TPSA) is 130 Å². The zero-order valence-corrected chi connectivity index (χ0v) is 9.69. The second-order valence-corrected chi connectivity index (χ2v) is 3.39. The predicted octanol–water partition coefficient (Wildman–Crippen LogP) is 1.25.